The fraction of sp³-hybridized carbons (Fsp3) is 0.312. The van der Waals surface area contributed by atoms with Crippen molar-refractivity contribution in [1.82, 2.24) is 20.0 Å². The molecule has 0 atom stereocenters. The first kappa shape index (κ1) is 18.5. The van der Waals surface area contributed by atoms with Gasteiger partial charge in [-0.3, -0.25) is 4.79 Å². The summed E-state index contributed by atoms with van der Waals surface area (Å²) in [5.74, 6) is -0.310. The van der Waals surface area contributed by atoms with Crippen LogP contribution in [-0.4, -0.2) is 37.6 Å². The first-order chi connectivity index (χ1) is 12.2. The Morgan fingerprint density at radius 3 is 2.65 bits per heavy atom. The number of benzene rings is 1. The number of nitrogens with one attached hydrogen (secondary N) is 1. The van der Waals surface area contributed by atoms with Crippen molar-refractivity contribution in [1.29, 1.82) is 0 Å². The van der Waals surface area contributed by atoms with Crippen molar-refractivity contribution < 1.29 is 14.3 Å². The summed E-state index contributed by atoms with van der Waals surface area (Å²) in [6.45, 7) is 7.15. The minimum Gasteiger partial charge on any atom is -0.442 e. The summed E-state index contributed by atoms with van der Waals surface area (Å²) >= 11 is 4.45. The lowest BCUT2D eigenvalue weighted by molar-refractivity contribution is 0.0519. The highest BCUT2D eigenvalue weighted by molar-refractivity contribution is 9.11. The Morgan fingerprint density at radius 1 is 1.31 bits per heavy atom. The number of rotatable bonds is 2. The highest BCUT2D eigenvalue weighted by Gasteiger charge is 2.23. The number of aryl methyl sites for hydroxylation is 1. The topological polar surface area (TPSA) is 99.0 Å². The summed E-state index contributed by atoms with van der Waals surface area (Å²) in [7, 11) is 0. The molecule has 0 aliphatic carbocycles. The number of ether oxygens (including phenoxy) is 1. The second kappa shape index (κ2) is 6.76. The maximum absolute atomic E-state index is 12.4. The highest BCUT2D eigenvalue weighted by atomic mass is 79.9. The van der Waals surface area contributed by atoms with Crippen molar-refractivity contribution in [3.63, 3.8) is 0 Å². The molecule has 0 aliphatic heterocycles. The molecule has 3 aromatic rings. The van der Waals surface area contributed by atoms with Gasteiger partial charge in [-0.1, -0.05) is 11.3 Å². The number of hydrogen-bond donors (Lipinski definition) is 1. The van der Waals surface area contributed by atoms with Crippen LogP contribution in [0.2, 0.25) is 0 Å². The fourth-order valence-electron chi connectivity index (χ4n) is 2.22. The number of thiazole rings is 1. The van der Waals surface area contributed by atoms with Crippen LogP contribution in [0.4, 0.5) is 10.5 Å². The Kier molecular flexibility index (Phi) is 4.80. The first-order valence-corrected chi connectivity index (χ1v) is 9.28. The molecular weight excluding hydrogens is 422 g/mol. The lowest BCUT2D eigenvalue weighted by Gasteiger charge is -2.18. The van der Waals surface area contributed by atoms with Gasteiger partial charge in [0.1, 0.15) is 21.5 Å². The zero-order valence-corrected chi connectivity index (χ0v) is 16.9. The van der Waals surface area contributed by atoms with Crippen LogP contribution < -0.4 is 5.32 Å². The molecule has 2 aromatic heterocycles. The molecule has 1 amide bonds. The molecule has 0 radical (unpaired) electrons. The lowest BCUT2D eigenvalue weighted by Crippen LogP contribution is -2.27. The number of hydrogen-bond acceptors (Lipinski definition) is 7. The summed E-state index contributed by atoms with van der Waals surface area (Å²) in [5, 5.41) is 10.8. The summed E-state index contributed by atoms with van der Waals surface area (Å²) in [6.07, 6.45) is 0.851. The maximum atomic E-state index is 12.4. The Hall–Kier alpha value is -2.33. The number of anilines is 1. The molecule has 0 saturated carbocycles. The smallest absolute Gasteiger partial charge is 0.437 e. The average Bonchev–Trinajstić information content (AvgIpc) is 3.14. The Bertz CT molecular complexity index is 1010. The van der Waals surface area contributed by atoms with Gasteiger partial charge in [-0.25, -0.2) is 9.78 Å². The molecule has 0 bridgehead atoms. The van der Waals surface area contributed by atoms with Crippen molar-refractivity contribution in [2.45, 2.75) is 33.3 Å². The molecule has 8 nitrogen and oxygen atoms in total. The van der Waals surface area contributed by atoms with E-state index in [1.807, 2.05) is 6.92 Å². The molecule has 3 rings (SSSR count). The van der Waals surface area contributed by atoms with Crippen molar-refractivity contribution in [3.05, 3.63) is 32.7 Å². The predicted octanol–water partition coefficient (Wildman–Crippen LogP) is 3.99. The molecular formula is C16H16BrN5O3S. The van der Waals surface area contributed by atoms with Crippen molar-refractivity contribution >= 4 is 56.0 Å². The molecule has 0 fully saturated rings. The number of halogens is 1. The number of amides is 1. The van der Waals surface area contributed by atoms with E-state index in [9.17, 15) is 9.59 Å². The van der Waals surface area contributed by atoms with Crippen LogP contribution in [0, 0.1) is 6.92 Å². The van der Waals surface area contributed by atoms with E-state index in [0.29, 0.717) is 25.5 Å². The van der Waals surface area contributed by atoms with Gasteiger partial charge in [-0.05, 0) is 55.3 Å². The van der Waals surface area contributed by atoms with Crippen LogP contribution in [0.5, 0.6) is 0 Å². The van der Waals surface area contributed by atoms with E-state index in [1.54, 1.807) is 32.9 Å². The van der Waals surface area contributed by atoms with E-state index in [-0.39, 0.29) is 5.91 Å². The fourth-order valence-corrected chi connectivity index (χ4v) is 3.38. The lowest BCUT2D eigenvalue weighted by atomic mass is 10.1. The van der Waals surface area contributed by atoms with Gasteiger partial charge in [0.15, 0.2) is 3.92 Å². The van der Waals surface area contributed by atoms with Gasteiger partial charge in [0.05, 0.1) is 11.9 Å². The SMILES string of the molecule is Cc1ccc2c(nnn2C(=O)OC(C)(C)C)c1NC(=O)c1cnc(Br)s1. The number of carbonyl (C=O) groups is 2. The van der Waals surface area contributed by atoms with E-state index in [2.05, 4.69) is 36.5 Å². The van der Waals surface area contributed by atoms with Gasteiger partial charge in [-0.15, -0.1) is 21.1 Å². The van der Waals surface area contributed by atoms with Crippen LogP contribution in [-0.2, 0) is 4.74 Å². The van der Waals surface area contributed by atoms with E-state index < -0.39 is 11.7 Å². The summed E-state index contributed by atoms with van der Waals surface area (Å²) in [5.41, 5.74) is 1.49. The zero-order valence-electron chi connectivity index (χ0n) is 14.5. The van der Waals surface area contributed by atoms with E-state index >= 15 is 0 Å². The summed E-state index contributed by atoms with van der Waals surface area (Å²) in [6, 6.07) is 3.50. The van der Waals surface area contributed by atoms with E-state index in [1.165, 1.54) is 17.5 Å². The third-order valence-corrected chi connectivity index (χ3v) is 4.81. The minimum absolute atomic E-state index is 0.310. The second-order valence-corrected chi connectivity index (χ2v) is 8.85. The monoisotopic (exact) mass is 437 g/mol. The predicted molar refractivity (Wildman–Crippen MR) is 102 cm³/mol. The first-order valence-electron chi connectivity index (χ1n) is 7.67. The quantitative estimate of drug-likeness (QED) is 0.650. The van der Waals surface area contributed by atoms with E-state index in [4.69, 9.17) is 4.74 Å². The molecule has 0 saturated heterocycles. The molecule has 136 valence electrons. The van der Waals surface area contributed by atoms with E-state index in [0.717, 1.165) is 10.2 Å². The van der Waals surface area contributed by atoms with Gasteiger partial charge in [0, 0.05) is 0 Å². The molecule has 10 heteroatoms. The Morgan fingerprint density at radius 2 is 2.04 bits per heavy atom. The molecule has 26 heavy (non-hydrogen) atoms. The second-order valence-electron chi connectivity index (χ2n) is 6.54. The van der Waals surface area contributed by atoms with Crippen molar-refractivity contribution in [2.75, 3.05) is 5.32 Å². The number of fused-ring (bicyclic) bond motifs is 1. The third-order valence-electron chi connectivity index (χ3n) is 3.33. The van der Waals surface area contributed by atoms with Crippen LogP contribution in [0.15, 0.2) is 22.2 Å². The molecule has 1 N–H and O–H groups in total. The van der Waals surface area contributed by atoms with Gasteiger partial charge in [0.25, 0.3) is 5.91 Å². The Labute approximate surface area is 161 Å². The summed E-state index contributed by atoms with van der Waals surface area (Å²) in [4.78, 5) is 29.2. The maximum Gasteiger partial charge on any atom is 0.437 e. The number of carbonyl (C=O) groups excluding carboxylic acids is 2. The van der Waals surface area contributed by atoms with Crippen molar-refractivity contribution in [2.24, 2.45) is 0 Å². The van der Waals surface area contributed by atoms with Crippen LogP contribution in [0.3, 0.4) is 0 Å². The molecule has 0 aliphatic rings. The van der Waals surface area contributed by atoms with Gasteiger partial charge < -0.3 is 10.1 Å². The standard InChI is InChI=1S/C16H16BrN5O3S/c1-8-5-6-9-12(20-21-22(9)15(24)25-16(2,3)4)11(8)19-13(23)10-7-18-14(17)26-10/h5-7H,1-4H3,(H,19,23). The van der Waals surface area contributed by atoms with Crippen molar-refractivity contribution in [3.8, 4) is 0 Å². The highest BCUT2D eigenvalue weighted by Crippen LogP contribution is 2.27. The summed E-state index contributed by atoms with van der Waals surface area (Å²) < 4.78 is 7.04. The van der Waals surface area contributed by atoms with Crippen LogP contribution >= 0.6 is 27.3 Å². The van der Waals surface area contributed by atoms with Crippen LogP contribution in [0.1, 0.15) is 36.0 Å². The number of nitrogens with zero attached hydrogens (tertiary/aromatic N) is 4. The van der Waals surface area contributed by atoms with Crippen LogP contribution in [0.25, 0.3) is 11.0 Å². The molecule has 0 spiro atoms. The Balaban J connectivity index is 1.97. The largest absolute Gasteiger partial charge is 0.442 e. The van der Waals surface area contributed by atoms with Gasteiger partial charge in [0.2, 0.25) is 0 Å². The molecule has 1 aromatic carbocycles. The number of aromatic nitrogens is 4. The zero-order chi connectivity index (χ0) is 19.1. The minimum atomic E-state index is -0.656. The molecule has 0 unspecified atom stereocenters. The van der Waals surface area contributed by atoms with Gasteiger partial charge in [-0.2, -0.15) is 0 Å². The third kappa shape index (κ3) is 3.75. The normalized spacial score (nSPS) is 11.6. The van der Waals surface area contributed by atoms with Gasteiger partial charge >= 0.3 is 6.09 Å². The average molecular weight is 438 g/mol. The molecule has 2 heterocycles.